The van der Waals surface area contributed by atoms with Crippen LogP contribution in [0.4, 0.5) is 33.8 Å². The van der Waals surface area contributed by atoms with Gasteiger partial charge in [-0.2, -0.15) is 4.98 Å². The lowest BCUT2D eigenvalue weighted by Gasteiger charge is -2.21. The molecular formula is C20H19N7O2S. The Morgan fingerprint density at radius 2 is 1.97 bits per heavy atom. The summed E-state index contributed by atoms with van der Waals surface area (Å²) in [4.78, 5) is 41.3. The van der Waals surface area contributed by atoms with Gasteiger partial charge in [-0.25, -0.2) is 9.97 Å². The Balaban J connectivity index is 1.50. The fourth-order valence-electron chi connectivity index (χ4n) is 3.65. The molecular weight excluding hydrogens is 402 g/mol. The van der Waals surface area contributed by atoms with Gasteiger partial charge in [0.1, 0.15) is 10.7 Å². The predicted molar refractivity (Wildman–Crippen MR) is 116 cm³/mol. The van der Waals surface area contributed by atoms with Crippen LogP contribution in [-0.4, -0.2) is 40.9 Å². The number of rotatable bonds is 2. The van der Waals surface area contributed by atoms with Crippen molar-refractivity contribution in [2.24, 2.45) is 0 Å². The van der Waals surface area contributed by atoms with Crippen molar-refractivity contribution in [3.63, 3.8) is 0 Å². The van der Waals surface area contributed by atoms with Crippen molar-refractivity contribution in [2.45, 2.75) is 19.8 Å². The molecule has 3 aromatic rings. The maximum atomic E-state index is 12.8. The molecule has 0 spiro atoms. The topological polar surface area (TPSA) is 103 Å². The van der Waals surface area contributed by atoms with Gasteiger partial charge in [0.15, 0.2) is 11.5 Å². The van der Waals surface area contributed by atoms with E-state index in [1.165, 1.54) is 16.2 Å². The number of amides is 2. The van der Waals surface area contributed by atoms with Gasteiger partial charge in [-0.05, 0) is 37.1 Å². The molecule has 0 fully saturated rings. The Labute approximate surface area is 176 Å². The third-order valence-electron chi connectivity index (χ3n) is 5.21. The minimum Gasteiger partial charge on any atom is -0.326 e. The number of hydrogen-bond acceptors (Lipinski definition) is 8. The second-order valence-electron chi connectivity index (χ2n) is 7.26. The smallest absolute Gasteiger partial charge is 0.279 e. The predicted octanol–water partition coefficient (Wildman–Crippen LogP) is 3.23. The molecule has 0 aliphatic carbocycles. The number of anilines is 6. The van der Waals surface area contributed by atoms with Gasteiger partial charge in [0.2, 0.25) is 11.9 Å². The minimum absolute atomic E-state index is 0.0386. The monoisotopic (exact) mass is 421 g/mol. The van der Waals surface area contributed by atoms with Gasteiger partial charge in [0.25, 0.3) is 5.91 Å². The van der Waals surface area contributed by atoms with Crippen LogP contribution in [0.1, 0.15) is 27.5 Å². The molecule has 2 aromatic heterocycles. The molecule has 2 aliphatic rings. The Morgan fingerprint density at radius 1 is 1.13 bits per heavy atom. The largest absolute Gasteiger partial charge is 0.326 e. The molecule has 1 aromatic carbocycles. The van der Waals surface area contributed by atoms with E-state index >= 15 is 0 Å². The number of hydrogen-bond donors (Lipinski definition) is 2. The number of thiazole rings is 1. The molecule has 0 unspecified atom stereocenters. The number of fused-ring (bicyclic) bond motifs is 3. The van der Waals surface area contributed by atoms with Crippen LogP contribution in [0, 0.1) is 6.92 Å². The van der Waals surface area contributed by atoms with Gasteiger partial charge >= 0.3 is 0 Å². The molecule has 0 bridgehead atoms. The van der Waals surface area contributed by atoms with E-state index in [1.54, 1.807) is 13.2 Å². The van der Waals surface area contributed by atoms with Gasteiger partial charge in [0.05, 0.1) is 11.2 Å². The molecule has 5 rings (SSSR count). The first-order chi connectivity index (χ1) is 14.4. The highest BCUT2D eigenvalue weighted by atomic mass is 32.1. The second kappa shape index (κ2) is 6.77. The van der Waals surface area contributed by atoms with Gasteiger partial charge < -0.3 is 20.4 Å². The number of aromatic nitrogens is 3. The molecule has 30 heavy (non-hydrogen) atoms. The molecule has 0 saturated heterocycles. The molecule has 9 nitrogen and oxygen atoms in total. The summed E-state index contributed by atoms with van der Waals surface area (Å²) in [6.07, 6.45) is 2.82. The number of carbonyl (C=O) groups is 2. The maximum Gasteiger partial charge on any atom is 0.279 e. The third kappa shape index (κ3) is 2.96. The highest BCUT2D eigenvalue weighted by Crippen LogP contribution is 2.41. The summed E-state index contributed by atoms with van der Waals surface area (Å²) in [5, 5.41) is 7.70. The number of aryl methyl sites for hydroxylation is 2. The second-order valence-corrected chi connectivity index (χ2v) is 8.44. The van der Waals surface area contributed by atoms with Crippen molar-refractivity contribution < 1.29 is 9.59 Å². The molecule has 2 amide bonds. The molecule has 10 heteroatoms. The third-order valence-corrected chi connectivity index (χ3v) is 6.26. The van der Waals surface area contributed by atoms with Crippen LogP contribution in [-0.2, 0) is 11.2 Å². The van der Waals surface area contributed by atoms with Gasteiger partial charge in [-0.1, -0.05) is 0 Å². The van der Waals surface area contributed by atoms with Crippen LogP contribution < -0.4 is 20.4 Å². The summed E-state index contributed by atoms with van der Waals surface area (Å²) in [6.45, 7) is 1.88. The minimum atomic E-state index is -0.180. The van der Waals surface area contributed by atoms with Crippen LogP contribution in [0.2, 0.25) is 0 Å². The highest BCUT2D eigenvalue weighted by Gasteiger charge is 2.32. The number of nitrogens with one attached hydrogen (secondary N) is 2. The Kier molecular flexibility index (Phi) is 4.17. The summed E-state index contributed by atoms with van der Waals surface area (Å²) in [6, 6.07) is 5.75. The Hall–Kier alpha value is -3.53. The molecule has 2 N–H and O–H groups in total. The molecule has 0 atom stereocenters. The summed E-state index contributed by atoms with van der Waals surface area (Å²) in [5.41, 5.74) is 3.78. The standard InChI is InChI=1S/C20H19N7O2S/c1-10-22-16-18(29)26(2)14-9-21-20(25-17(14)27(3)19(16)30-10)23-12-5-6-13-11(8-12)4-7-15(28)24-13/h5-6,8-9H,4,7H2,1-3H3,(H,24,28)(H,21,23,25). The van der Waals surface area contributed by atoms with Crippen molar-refractivity contribution in [2.75, 3.05) is 34.5 Å². The summed E-state index contributed by atoms with van der Waals surface area (Å²) < 4.78 is 0. The van der Waals surface area contributed by atoms with Crippen LogP contribution in [0.25, 0.3) is 0 Å². The van der Waals surface area contributed by atoms with E-state index in [2.05, 4.69) is 25.6 Å². The number of nitrogens with zero attached hydrogens (tertiary/aromatic N) is 5. The molecule has 2 aliphatic heterocycles. The van der Waals surface area contributed by atoms with Crippen molar-refractivity contribution in [1.82, 2.24) is 15.0 Å². The van der Waals surface area contributed by atoms with Crippen LogP contribution in [0.5, 0.6) is 0 Å². The lowest BCUT2D eigenvalue weighted by molar-refractivity contribution is -0.116. The summed E-state index contributed by atoms with van der Waals surface area (Å²) in [5.74, 6) is 0.902. The van der Waals surface area contributed by atoms with Crippen LogP contribution in [0.3, 0.4) is 0 Å². The van der Waals surface area contributed by atoms with Crippen molar-refractivity contribution >= 4 is 57.0 Å². The first kappa shape index (κ1) is 18.5. The number of benzene rings is 1. The zero-order valence-electron chi connectivity index (χ0n) is 16.7. The Morgan fingerprint density at radius 3 is 2.80 bits per heavy atom. The zero-order chi connectivity index (χ0) is 21.0. The lowest BCUT2D eigenvalue weighted by Crippen LogP contribution is -2.26. The van der Waals surface area contributed by atoms with E-state index in [0.29, 0.717) is 36.0 Å². The average molecular weight is 421 g/mol. The van der Waals surface area contributed by atoms with Crippen molar-refractivity contribution in [3.05, 3.63) is 40.7 Å². The van der Waals surface area contributed by atoms with E-state index in [1.807, 2.05) is 37.1 Å². The van der Waals surface area contributed by atoms with Gasteiger partial charge in [-0.15, -0.1) is 11.3 Å². The van der Waals surface area contributed by atoms with Crippen molar-refractivity contribution in [1.29, 1.82) is 0 Å². The molecule has 4 heterocycles. The molecule has 152 valence electrons. The zero-order valence-corrected chi connectivity index (χ0v) is 17.5. The molecule has 0 saturated carbocycles. The Bertz CT molecular complexity index is 1210. The fourth-order valence-corrected chi connectivity index (χ4v) is 4.52. The maximum absolute atomic E-state index is 12.8. The van der Waals surface area contributed by atoms with E-state index in [-0.39, 0.29) is 11.8 Å². The first-order valence-corrected chi connectivity index (χ1v) is 10.3. The molecule has 0 radical (unpaired) electrons. The lowest BCUT2D eigenvalue weighted by atomic mass is 10.0. The summed E-state index contributed by atoms with van der Waals surface area (Å²) in [7, 11) is 3.58. The van der Waals surface area contributed by atoms with Crippen molar-refractivity contribution in [3.8, 4) is 0 Å². The SMILES string of the molecule is Cc1nc2c(s1)N(C)c1nc(Nc3ccc4c(c3)CCC(=O)N4)ncc1N(C)C2=O. The first-order valence-electron chi connectivity index (χ1n) is 9.47. The quantitative estimate of drug-likeness (QED) is 0.655. The van der Waals surface area contributed by atoms with Gasteiger partial charge in [0, 0.05) is 31.9 Å². The van der Waals surface area contributed by atoms with Crippen LogP contribution >= 0.6 is 11.3 Å². The normalized spacial score (nSPS) is 15.2. The van der Waals surface area contributed by atoms with E-state index in [9.17, 15) is 9.59 Å². The highest BCUT2D eigenvalue weighted by molar-refractivity contribution is 7.16. The van der Waals surface area contributed by atoms with E-state index in [0.717, 1.165) is 26.9 Å². The van der Waals surface area contributed by atoms with E-state index < -0.39 is 0 Å². The number of carbonyl (C=O) groups excluding carboxylic acids is 2. The fraction of sp³-hybridized carbons (Fsp3) is 0.250. The summed E-state index contributed by atoms with van der Waals surface area (Å²) >= 11 is 1.46. The van der Waals surface area contributed by atoms with E-state index in [4.69, 9.17) is 0 Å². The van der Waals surface area contributed by atoms with Crippen LogP contribution in [0.15, 0.2) is 24.4 Å². The average Bonchev–Trinajstić information content (AvgIpc) is 3.11. The van der Waals surface area contributed by atoms with Gasteiger partial charge in [-0.3, -0.25) is 9.59 Å².